The number of benzene rings is 1. The van der Waals surface area contributed by atoms with E-state index in [-0.39, 0.29) is 11.9 Å². The summed E-state index contributed by atoms with van der Waals surface area (Å²) in [6, 6.07) is 10.8. The van der Waals surface area contributed by atoms with E-state index in [9.17, 15) is 0 Å². The highest BCUT2D eigenvalue weighted by molar-refractivity contribution is 7.98. The molecular formula is C15H25N3OS. The number of amidine groups is 1. The van der Waals surface area contributed by atoms with E-state index in [4.69, 9.17) is 10.9 Å². The maximum atomic E-state index is 8.85. The molecule has 1 aromatic rings. The summed E-state index contributed by atoms with van der Waals surface area (Å²) in [6.07, 6.45) is 3.73. The number of nitrogens with two attached hydrogens (primary N) is 1. The Hall–Kier alpha value is -1.20. The molecule has 0 aliphatic heterocycles. The van der Waals surface area contributed by atoms with Gasteiger partial charge in [0.1, 0.15) is 5.84 Å². The van der Waals surface area contributed by atoms with Gasteiger partial charge in [-0.1, -0.05) is 42.4 Å². The molecule has 112 valence electrons. The van der Waals surface area contributed by atoms with Gasteiger partial charge in [0.25, 0.3) is 0 Å². The molecule has 0 saturated carbocycles. The predicted molar refractivity (Wildman–Crippen MR) is 87.4 cm³/mol. The van der Waals surface area contributed by atoms with Gasteiger partial charge in [-0.2, -0.15) is 11.8 Å². The van der Waals surface area contributed by atoms with Gasteiger partial charge in [0.15, 0.2) is 0 Å². The quantitative estimate of drug-likeness (QED) is 0.335. The maximum Gasteiger partial charge on any atom is 0.141 e. The fraction of sp³-hybridized carbons (Fsp3) is 0.533. The highest BCUT2D eigenvalue weighted by atomic mass is 32.2. The van der Waals surface area contributed by atoms with Crippen LogP contribution in [0.3, 0.4) is 0 Å². The summed E-state index contributed by atoms with van der Waals surface area (Å²) in [6.45, 7) is 2.20. The first-order valence-corrected chi connectivity index (χ1v) is 8.25. The van der Waals surface area contributed by atoms with Crippen LogP contribution in [0.1, 0.15) is 31.4 Å². The van der Waals surface area contributed by atoms with E-state index in [0.29, 0.717) is 12.5 Å². The minimum Gasteiger partial charge on any atom is -0.409 e. The summed E-state index contributed by atoms with van der Waals surface area (Å²) in [5.41, 5.74) is 6.93. The van der Waals surface area contributed by atoms with E-state index >= 15 is 0 Å². The number of rotatable bonds is 8. The Balaban J connectivity index is 2.97. The van der Waals surface area contributed by atoms with Gasteiger partial charge in [-0.25, -0.2) is 0 Å². The SMILES string of the molecule is CCC(CSC)N(C)C(C/C(N)=N/O)c1ccccc1. The van der Waals surface area contributed by atoms with Crippen molar-refractivity contribution in [3.05, 3.63) is 35.9 Å². The molecule has 2 unspecified atom stereocenters. The average Bonchev–Trinajstić information content (AvgIpc) is 2.50. The normalized spacial score (nSPS) is 15.3. The van der Waals surface area contributed by atoms with Crippen LogP contribution >= 0.6 is 11.8 Å². The van der Waals surface area contributed by atoms with E-state index < -0.39 is 0 Å². The largest absolute Gasteiger partial charge is 0.409 e. The Morgan fingerprint density at radius 2 is 2.05 bits per heavy atom. The van der Waals surface area contributed by atoms with Crippen molar-refractivity contribution in [2.45, 2.75) is 31.8 Å². The van der Waals surface area contributed by atoms with Crippen molar-refractivity contribution >= 4 is 17.6 Å². The van der Waals surface area contributed by atoms with Gasteiger partial charge >= 0.3 is 0 Å². The second-order valence-corrected chi connectivity index (χ2v) is 5.82. The van der Waals surface area contributed by atoms with Crippen LogP contribution in [0.4, 0.5) is 0 Å². The molecular weight excluding hydrogens is 270 g/mol. The summed E-state index contributed by atoms with van der Waals surface area (Å²) < 4.78 is 0. The molecule has 0 spiro atoms. The van der Waals surface area contributed by atoms with Crippen LogP contribution in [-0.2, 0) is 0 Å². The Kier molecular flexibility index (Phi) is 7.47. The lowest BCUT2D eigenvalue weighted by molar-refractivity contribution is 0.186. The van der Waals surface area contributed by atoms with Crippen molar-refractivity contribution in [3.63, 3.8) is 0 Å². The number of hydrogen-bond donors (Lipinski definition) is 2. The van der Waals surface area contributed by atoms with Crippen molar-refractivity contribution in [1.82, 2.24) is 4.90 Å². The first-order chi connectivity index (χ1) is 9.63. The Bertz CT molecular complexity index is 411. The Morgan fingerprint density at radius 3 is 2.55 bits per heavy atom. The second kappa shape index (κ2) is 8.87. The van der Waals surface area contributed by atoms with Gasteiger partial charge in [0, 0.05) is 24.3 Å². The third kappa shape index (κ3) is 4.72. The topological polar surface area (TPSA) is 61.8 Å². The van der Waals surface area contributed by atoms with E-state index in [1.807, 2.05) is 30.0 Å². The van der Waals surface area contributed by atoms with E-state index in [2.05, 4.69) is 42.4 Å². The van der Waals surface area contributed by atoms with Crippen molar-refractivity contribution < 1.29 is 5.21 Å². The summed E-state index contributed by atoms with van der Waals surface area (Å²) in [5, 5.41) is 12.0. The zero-order valence-corrected chi connectivity index (χ0v) is 13.3. The highest BCUT2D eigenvalue weighted by Crippen LogP contribution is 2.26. The zero-order chi connectivity index (χ0) is 15.0. The van der Waals surface area contributed by atoms with Gasteiger partial charge in [-0.15, -0.1) is 0 Å². The lowest BCUT2D eigenvalue weighted by atomic mass is 10.00. The number of hydrogen-bond acceptors (Lipinski definition) is 4. The molecule has 0 fully saturated rings. The molecule has 0 aliphatic carbocycles. The molecule has 0 aliphatic rings. The van der Waals surface area contributed by atoms with Crippen LogP contribution < -0.4 is 5.73 Å². The van der Waals surface area contributed by atoms with E-state index in [1.54, 1.807) is 0 Å². The van der Waals surface area contributed by atoms with Crippen LogP contribution in [0.5, 0.6) is 0 Å². The third-order valence-corrected chi connectivity index (χ3v) is 4.33. The van der Waals surface area contributed by atoms with Crippen LogP contribution in [0.15, 0.2) is 35.5 Å². The fourth-order valence-corrected chi connectivity index (χ4v) is 3.24. The van der Waals surface area contributed by atoms with Crippen LogP contribution in [0, 0.1) is 0 Å². The highest BCUT2D eigenvalue weighted by Gasteiger charge is 2.24. The smallest absolute Gasteiger partial charge is 0.141 e. The summed E-state index contributed by atoms with van der Waals surface area (Å²) in [7, 11) is 2.12. The molecule has 1 rings (SSSR count). The van der Waals surface area contributed by atoms with Gasteiger partial charge in [0.05, 0.1) is 0 Å². The monoisotopic (exact) mass is 295 g/mol. The molecule has 4 nitrogen and oxygen atoms in total. The number of nitrogens with zero attached hydrogens (tertiary/aromatic N) is 2. The van der Waals surface area contributed by atoms with E-state index in [0.717, 1.165) is 12.2 Å². The minimum atomic E-state index is 0.129. The number of thioether (sulfide) groups is 1. The van der Waals surface area contributed by atoms with Gasteiger partial charge in [-0.05, 0) is 25.3 Å². The van der Waals surface area contributed by atoms with Crippen LogP contribution in [-0.4, -0.2) is 41.0 Å². The molecule has 0 saturated heterocycles. The van der Waals surface area contributed by atoms with Crippen LogP contribution in [0.2, 0.25) is 0 Å². The molecule has 0 aromatic heterocycles. The first-order valence-electron chi connectivity index (χ1n) is 6.86. The predicted octanol–water partition coefficient (Wildman–Crippen LogP) is 2.94. The molecule has 3 N–H and O–H groups in total. The first kappa shape index (κ1) is 16.9. The molecule has 0 heterocycles. The van der Waals surface area contributed by atoms with Crippen molar-refractivity contribution in [2.24, 2.45) is 10.9 Å². The molecule has 2 atom stereocenters. The Labute approximate surface area is 126 Å². The van der Waals surface area contributed by atoms with Crippen LogP contribution in [0.25, 0.3) is 0 Å². The van der Waals surface area contributed by atoms with Gasteiger partial charge in [0.2, 0.25) is 0 Å². The van der Waals surface area contributed by atoms with Crippen molar-refractivity contribution in [1.29, 1.82) is 0 Å². The van der Waals surface area contributed by atoms with Gasteiger partial charge < -0.3 is 10.9 Å². The van der Waals surface area contributed by atoms with Crippen molar-refractivity contribution in [2.75, 3.05) is 19.1 Å². The molecule has 0 bridgehead atoms. The maximum absolute atomic E-state index is 8.85. The minimum absolute atomic E-state index is 0.129. The third-order valence-electron chi connectivity index (χ3n) is 3.61. The summed E-state index contributed by atoms with van der Waals surface area (Å²) >= 11 is 1.85. The summed E-state index contributed by atoms with van der Waals surface area (Å²) in [4.78, 5) is 2.34. The van der Waals surface area contributed by atoms with E-state index in [1.165, 1.54) is 5.56 Å². The molecule has 1 aromatic carbocycles. The fourth-order valence-electron chi connectivity index (χ4n) is 2.38. The standard InChI is InChI=1S/C15H25N3OS/c1-4-13(11-20-3)18(2)14(10-15(16)17-19)12-8-6-5-7-9-12/h5-9,13-14,19H,4,10-11H2,1-3H3,(H2,16,17). The average molecular weight is 295 g/mol. The molecule has 0 radical (unpaired) electrons. The van der Waals surface area contributed by atoms with Crippen molar-refractivity contribution in [3.8, 4) is 0 Å². The molecule has 0 amide bonds. The van der Waals surface area contributed by atoms with Gasteiger partial charge in [-0.3, -0.25) is 4.90 Å². The lowest BCUT2D eigenvalue weighted by Gasteiger charge is -2.34. The summed E-state index contributed by atoms with van der Waals surface area (Å²) in [5.74, 6) is 1.34. The number of oxime groups is 1. The second-order valence-electron chi connectivity index (χ2n) is 4.90. The molecule has 20 heavy (non-hydrogen) atoms. The lowest BCUT2D eigenvalue weighted by Crippen LogP contribution is -2.38. The molecule has 5 heteroatoms. The zero-order valence-electron chi connectivity index (χ0n) is 12.5. The Morgan fingerprint density at radius 1 is 1.40 bits per heavy atom.